The molecule has 8 heteroatoms. The zero-order valence-corrected chi connectivity index (χ0v) is 14.7. The molecule has 1 fully saturated rings. The van der Waals surface area contributed by atoms with E-state index in [9.17, 15) is 4.79 Å². The van der Waals surface area contributed by atoms with Gasteiger partial charge in [-0.05, 0) is 50.9 Å². The van der Waals surface area contributed by atoms with Gasteiger partial charge in [0.05, 0.1) is 6.04 Å². The lowest BCUT2D eigenvalue weighted by Gasteiger charge is -2.22. The van der Waals surface area contributed by atoms with E-state index in [0.717, 1.165) is 37.4 Å². The highest BCUT2D eigenvalue weighted by Gasteiger charge is 2.20. The summed E-state index contributed by atoms with van der Waals surface area (Å²) in [7, 11) is 0. The monoisotopic (exact) mass is 359 g/mol. The molecule has 0 saturated carbocycles. The van der Waals surface area contributed by atoms with Crippen molar-refractivity contribution in [2.24, 2.45) is 5.92 Å². The van der Waals surface area contributed by atoms with E-state index in [1.165, 1.54) is 0 Å². The molecule has 1 aliphatic heterocycles. The number of nitrogens with zero attached hydrogens (tertiary/aromatic N) is 3. The molecule has 6 nitrogen and oxygen atoms in total. The Kier molecular flexibility index (Phi) is 7.75. The smallest absolute Gasteiger partial charge is 0.220 e. The van der Waals surface area contributed by atoms with Crippen molar-refractivity contribution in [2.75, 3.05) is 13.1 Å². The van der Waals surface area contributed by atoms with Crippen molar-refractivity contribution in [3.8, 4) is 0 Å². The number of hydrogen-bond acceptors (Lipinski definition) is 4. The van der Waals surface area contributed by atoms with Crippen molar-refractivity contribution in [1.29, 1.82) is 0 Å². The van der Waals surface area contributed by atoms with Crippen molar-refractivity contribution < 1.29 is 4.79 Å². The van der Waals surface area contributed by atoms with Crippen molar-refractivity contribution in [2.45, 2.75) is 32.2 Å². The van der Waals surface area contributed by atoms with Gasteiger partial charge in [0.2, 0.25) is 5.91 Å². The van der Waals surface area contributed by atoms with Crippen LogP contribution < -0.4 is 10.6 Å². The van der Waals surface area contributed by atoms with Crippen LogP contribution in [0.5, 0.6) is 0 Å². The van der Waals surface area contributed by atoms with E-state index in [-0.39, 0.29) is 36.8 Å². The first-order valence-corrected chi connectivity index (χ1v) is 7.54. The zero-order chi connectivity index (χ0) is 14.7. The molecule has 2 aromatic rings. The van der Waals surface area contributed by atoms with Crippen molar-refractivity contribution in [1.82, 2.24) is 25.2 Å². The third-order valence-electron chi connectivity index (χ3n) is 4.04. The molecule has 0 aromatic carbocycles. The fraction of sp³-hybridized carbons (Fsp3) is 0.533. The van der Waals surface area contributed by atoms with E-state index in [1.807, 2.05) is 35.7 Å². The highest BCUT2D eigenvalue weighted by Crippen LogP contribution is 2.17. The van der Waals surface area contributed by atoms with Crippen LogP contribution in [0.2, 0.25) is 0 Å². The summed E-state index contributed by atoms with van der Waals surface area (Å²) in [6.45, 7) is 3.98. The summed E-state index contributed by atoms with van der Waals surface area (Å²) < 4.78 is 1.91. The van der Waals surface area contributed by atoms with Crippen LogP contribution >= 0.6 is 24.8 Å². The molecule has 23 heavy (non-hydrogen) atoms. The van der Waals surface area contributed by atoms with Crippen molar-refractivity contribution >= 4 is 36.4 Å². The van der Waals surface area contributed by atoms with E-state index in [0.29, 0.717) is 12.3 Å². The Bertz CT molecular complexity index is 627. The number of amides is 1. The number of fused-ring (bicyclic) bond motifs is 1. The van der Waals surface area contributed by atoms with Crippen LogP contribution in [0.15, 0.2) is 24.4 Å². The Morgan fingerprint density at radius 3 is 2.83 bits per heavy atom. The zero-order valence-electron chi connectivity index (χ0n) is 13.1. The van der Waals surface area contributed by atoms with Gasteiger partial charge in [0.1, 0.15) is 0 Å². The number of aromatic nitrogens is 3. The molecule has 0 spiro atoms. The molecule has 0 bridgehead atoms. The third kappa shape index (κ3) is 4.80. The molecule has 3 rings (SSSR count). The second-order valence-corrected chi connectivity index (χ2v) is 5.67. The summed E-state index contributed by atoms with van der Waals surface area (Å²) in [6.07, 6.45) is 4.67. The first-order chi connectivity index (χ1) is 10.2. The number of nitrogens with one attached hydrogen (secondary N) is 2. The largest absolute Gasteiger partial charge is 0.346 e. The topological polar surface area (TPSA) is 71.3 Å². The maximum absolute atomic E-state index is 12.2. The van der Waals surface area contributed by atoms with Gasteiger partial charge in [-0.25, -0.2) is 0 Å². The normalized spacial score (nSPS) is 16.2. The number of hydrogen-bond donors (Lipinski definition) is 2. The second kappa shape index (κ2) is 9.05. The summed E-state index contributed by atoms with van der Waals surface area (Å²) in [5.74, 6) is 1.36. The first-order valence-electron chi connectivity index (χ1n) is 7.54. The molecule has 2 aromatic heterocycles. The molecular formula is C15H23Cl2N5O. The molecule has 1 amide bonds. The average molecular weight is 360 g/mol. The number of rotatable bonds is 4. The minimum Gasteiger partial charge on any atom is -0.346 e. The quantitative estimate of drug-likeness (QED) is 0.877. The van der Waals surface area contributed by atoms with Crippen LogP contribution in [-0.4, -0.2) is 33.6 Å². The molecule has 3 heterocycles. The Morgan fingerprint density at radius 1 is 1.35 bits per heavy atom. The molecule has 1 atom stereocenters. The lowest BCUT2D eigenvalue weighted by molar-refractivity contribution is -0.122. The fourth-order valence-electron chi connectivity index (χ4n) is 2.87. The van der Waals surface area contributed by atoms with Gasteiger partial charge < -0.3 is 10.6 Å². The highest BCUT2D eigenvalue weighted by molar-refractivity contribution is 5.85. The van der Waals surface area contributed by atoms with Gasteiger partial charge in [0.25, 0.3) is 0 Å². The third-order valence-corrected chi connectivity index (χ3v) is 4.04. The van der Waals surface area contributed by atoms with Crippen molar-refractivity contribution in [3.05, 3.63) is 30.2 Å². The summed E-state index contributed by atoms with van der Waals surface area (Å²) in [5.41, 5.74) is 0.798. The molecule has 1 saturated heterocycles. The predicted octanol–water partition coefficient (Wildman–Crippen LogP) is 2.14. The molecule has 2 N–H and O–H groups in total. The Morgan fingerprint density at radius 2 is 2.09 bits per heavy atom. The molecule has 0 aliphatic carbocycles. The van der Waals surface area contributed by atoms with Crippen LogP contribution in [0.4, 0.5) is 0 Å². The molecule has 0 radical (unpaired) electrons. The number of halogens is 2. The average Bonchev–Trinajstić information content (AvgIpc) is 2.92. The van der Waals surface area contributed by atoms with Crippen LogP contribution in [0.3, 0.4) is 0 Å². The number of carbonyl (C=O) groups excluding carboxylic acids is 1. The first kappa shape index (κ1) is 19.7. The lowest BCUT2D eigenvalue weighted by atomic mass is 9.94. The van der Waals surface area contributed by atoms with Crippen LogP contribution in [0, 0.1) is 5.92 Å². The lowest BCUT2D eigenvalue weighted by Crippen LogP contribution is -2.33. The van der Waals surface area contributed by atoms with Gasteiger partial charge in [-0.3, -0.25) is 9.20 Å². The van der Waals surface area contributed by atoms with E-state index in [1.54, 1.807) is 0 Å². The Balaban J connectivity index is 0.00000132. The van der Waals surface area contributed by atoms with Gasteiger partial charge in [-0.15, -0.1) is 35.0 Å². The number of piperidine rings is 1. The van der Waals surface area contributed by atoms with Crippen LogP contribution in [-0.2, 0) is 4.79 Å². The standard InChI is InChI=1S/C15H21N5O.2ClH/c1-11(15-19-18-13-4-2-3-9-20(13)15)17-14(21)10-12-5-7-16-8-6-12;;/h2-4,9,11-12,16H,5-8,10H2,1H3,(H,17,21);2*1H. The molecular weight excluding hydrogens is 337 g/mol. The van der Waals surface area contributed by atoms with E-state index in [2.05, 4.69) is 20.8 Å². The predicted molar refractivity (Wildman–Crippen MR) is 94.3 cm³/mol. The highest BCUT2D eigenvalue weighted by atomic mass is 35.5. The molecule has 128 valence electrons. The van der Waals surface area contributed by atoms with Crippen LogP contribution in [0.25, 0.3) is 5.65 Å². The second-order valence-electron chi connectivity index (χ2n) is 5.67. The Labute approximate surface area is 148 Å². The fourth-order valence-corrected chi connectivity index (χ4v) is 2.87. The summed E-state index contributed by atoms with van der Waals surface area (Å²) >= 11 is 0. The van der Waals surface area contributed by atoms with E-state index >= 15 is 0 Å². The SMILES string of the molecule is CC(NC(=O)CC1CCNCC1)c1nnc2ccccn12.Cl.Cl. The van der Waals surface area contributed by atoms with Gasteiger partial charge in [-0.1, -0.05) is 6.07 Å². The molecule has 1 unspecified atom stereocenters. The summed E-state index contributed by atoms with van der Waals surface area (Å²) in [4.78, 5) is 12.2. The van der Waals surface area contributed by atoms with Gasteiger partial charge >= 0.3 is 0 Å². The van der Waals surface area contributed by atoms with Gasteiger partial charge in [0.15, 0.2) is 11.5 Å². The molecule has 1 aliphatic rings. The number of carbonyl (C=O) groups is 1. The van der Waals surface area contributed by atoms with Crippen molar-refractivity contribution in [3.63, 3.8) is 0 Å². The van der Waals surface area contributed by atoms with E-state index in [4.69, 9.17) is 0 Å². The maximum atomic E-state index is 12.2. The Hall–Kier alpha value is -1.37. The summed E-state index contributed by atoms with van der Waals surface area (Å²) in [5, 5.41) is 14.7. The van der Waals surface area contributed by atoms with Gasteiger partial charge in [0, 0.05) is 12.6 Å². The minimum atomic E-state index is -0.142. The number of pyridine rings is 1. The van der Waals surface area contributed by atoms with Gasteiger partial charge in [-0.2, -0.15) is 0 Å². The minimum absolute atomic E-state index is 0. The maximum Gasteiger partial charge on any atom is 0.220 e. The van der Waals surface area contributed by atoms with E-state index < -0.39 is 0 Å². The summed E-state index contributed by atoms with van der Waals surface area (Å²) in [6, 6.07) is 5.62. The van der Waals surface area contributed by atoms with Crippen LogP contribution in [0.1, 0.15) is 38.1 Å².